The smallest absolute Gasteiger partial charge is 0.247 e. The lowest BCUT2D eigenvalue weighted by Crippen LogP contribution is -2.36. The van der Waals surface area contributed by atoms with Crippen LogP contribution in [0, 0.1) is 6.92 Å². The van der Waals surface area contributed by atoms with Crippen molar-refractivity contribution in [2.45, 2.75) is 45.1 Å². The van der Waals surface area contributed by atoms with Crippen molar-refractivity contribution < 1.29 is 8.42 Å². The molecule has 0 aliphatic carbocycles. The Labute approximate surface area is 171 Å². The molecule has 2 aromatic rings. The fraction of sp³-hybridized carbons (Fsp3) is 0.579. The predicted octanol–water partition coefficient (Wildman–Crippen LogP) is 2.74. The van der Waals surface area contributed by atoms with Crippen molar-refractivity contribution in [1.82, 2.24) is 19.2 Å². The Hall–Kier alpha value is -1.55. The Kier molecular flexibility index (Phi) is 7.03. The zero-order valence-corrected chi connectivity index (χ0v) is 18.4. The van der Waals surface area contributed by atoms with Gasteiger partial charge in [0, 0.05) is 30.6 Å². The van der Waals surface area contributed by atoms with Crippen molar-refractivity contribution in [2.24, 2.45) is 0 Å². The maximum Gasteiger partial charge on any atom is 0.247 e. The zero-order valence-electron chi connectivity index (χ0n) is 16.8. The van der Waals surface area contributed by atoms with Crippen LogP contribution >= 0.6 is 11.3 Å². The Bertz CT molecular complexity index is 893. The van der Waals surface area contributed by atoms with Gasteiger partial charge < -0.3 is 10.2 Å². The van der Waals surface area contributed by atoms with Crippen molar-refractivity contribution in [3.63, 3.8) is 0 Å². The summed E-state index contributed by atoms with van der Waals surface area (Å²) in [6.07, 6.45) is 3.23. The average Bonchev–Trinajstić information content (AvgIpc) is 3.07. The highest BCUT2D eigenvalue weighted by Crippen LogP contribution is 2.30. The van der Waals surface area contributed by atoms with Crippen LogP contribution in [0.1, 0.15) is 35.8 Å². The summed E-state index contributed by atoms with van der Waals surface area (Å²) in [4.78, 5) is 12.5. The van der Waals surface area contributed by atoms with Crippen LogP contribution in [0.2, 0.25) is 0 Å². The van der Waals surface area contributed by atoms with Gasteiger partial charge in [-0.15, -0.1) is 11.3 Å². The minimum absolute atomic E-state index is 0.252. The molecule has 0 atom stereocenters. The second-order valence-electron chi connectivity index (χ2n) is 6.85. The summed E-state index contributed by atoms with van der Waals surface area (Å²) >= 11 is 1.58. The van der Waals surface area contributed by atoms with Crippen LogP contribution in [0.4, 0.5) is 5.82 Å². The van der Waals surface area contributed by atoms with Gasteiger partial charge in [0.15, 0.2) is 0 Å². The number of hydrogen-bond donors (Lipinski definition) is 1. The van der Waals surface area contributed by atoms with Crippen LogP contribution in [0.5, 0.6) is 0 Å². The number of aromatic nitrogens is 2. The average molecular weight is 424 g/mol. The molecule has 0 unspecified atom stereocenters. The minimum Gasteiger partial charge on any atom is -0.369 e. The molecule has 3 heterocycles. The predicted molar refractivity (Wildman–Crippen MR) is 113 cm³/mol. The SMILES string of the molecule is CCN(CC)CCCNc1ncccc1S(=O)(=O)N1CCc2nc(C)sc2C1. The summed E-state index contributed by atoms with van der Waals surface area (Å²) in [5.74, 6) is 0.438. The van der Waals surface area contributed by atoms with E-state index in [0.717, 1.165) is 41.6 Å². The number of anilines is 1. The monoisotopic (exact) mass is 423 g/mol. The van der Waals surface area contributed by atoms with E-state index < -0.39 is 10.0 Å². The lowest BCUT2D eigenvalue weighted by molar-refractivity contribution is 0.303. The molecule has 3 rings (SSSR count). The van der Waals surface area contributed by atoms with Gasteiger partial charge in [-0.1, -0.05) is 13.8 Å². The minimum atomic E-state index is -3.61. The van der Waals surface area contributed by atoms with Crippen molar-refractivity contribution in [3.05, 3.63) is 33.9 Å². The van der Waals surface area contributed by atoms with E-state index in [1.165, 1.54) is 0 Å². The fourth-order valence-electron chi connectivity index (χ4n) is 3.43. The number of pyridine rings is 1. The van der Waals surface area contributed by atoms with Gasteiger partial charge in [-0.05, 0) is 45.1 Å². The number of nitrogens with zero attached hydrogens (tertiary/aromatic N) is 4. The summed E-state index contributed by atoms with van der Waals surface area (Å²) in [5.41, 5.74) is 1.04. The van der Waals surface area contributed by atoms with Gasteiger partial charge in [0.05, 0.1) is 17.2 Å². The topological polar surface area (TPSA) is 78.4 Å². The molecular weight excluding hydrogens is 394 g/mol. The molecule has 1 aliphatic rings. The van der Waals surface area contributed by atoms with Crippen molar-refractivity contribution in [3.8, 4) is 0 Å². The van der Waals surface area contributed by atoms with Gasteiger partial charge in [0.2, 0.25) is 10.0 Å². The van der Waals surface area contributed by atoms with E-state index in [2.05, 4.69) is 34.0 Å². The Morgan fingerprint density at radius 2 is 2.11 bits per heavy atom. The molecular formula is C19H29N5O2S2. The molecule has 0 saturated carbocycles. The third kappa shape index (κ3) is 4.71. The normalized spacial score (nSPS) is 15.0. The highest BCUT2D eigenvalue weighted by Gasteiger charge is 2.32. The molecule has 0 radical (unpaired) electrons. The number of hydrogen-bond acceptors (Lipinski definition) is 7. The summed E-state index contributed by atoms with van der Waals surface area (Å²) in [6, 6.07) is 3.32. The maximum absolute atomic E-state index is 13.3. The largest absolute Gasteiger partial charge is 0.369 e. The number of fused-ring (bicyclic) bond motifs is 1. The quantitative estimate of drug-likeness (QED) is 0.625. The Balaban J connectivity index is 1.71. The molecule has 2 aromatic heterocycles. The lowest BCUT2D eigenvalue weighted by atomic mass is 10.2. The first-order chi connectivity index (χ1) is 13.5. The van der Waals surface area contributed by atoms with E-state index in [4.69, 9.17) is 0 Å². The summed E-state index contributed by atoms with van der Waals surface area (Å²) in [6.45, 7) is 10.8. The van der Waals surface area contributed by atoms with E-state index >= 15 is 0 Å². The lowest BCUT2D eigenvalue weighted by Gasteiger charge is -2.26. The number of thiazole rings is 1. The molecule has 0 bridgehead atoms. The van der Waals surface area contributed by atoms with Crippen LogP contribution in [0.15, 0.2) is 23.2 Å². The van der Waals surface area contributed by atoms with Gasteiger partial charge in [0.1, 0.15) is 10.7 Å². The first kappa shape index (κ1) is 21.2. The fourth-order valence-corrected chi connectivity index (χ4v) is 6.03. The highest BCUT2D eigenvalue weighted by molar-refractivity contribution is 7.89. The van der Waals surface area contributed by atoms with Crippen LogP contribution in [0.25, 0.3) is 0 Å². The van der Waals surface area contributed by atoms with E-state index in [1.54, 1.807) is 34.0 Å². The third-order valence-electron chi connectivity index (χ3n) is 5.03. The number of nitrogens with one attached hydrogen (secondary N) is 1. The molecule has 0 amide bonds. The van der Waals surface area contributed by atoms with E-state index in [9.17, 15) is 8.42 Å². The van der Waals surface area contributed by atoms with Crippen molar-refractivity contribution >= 4 is 27.2 Å². The van der Waals surface area contributed by atoms with E-state index in [0.29, 0.717) is 31.9 Å². The molecule has 0 aromatic carbocycles. The van der Waals surface area contributed by atoms with Gasteiger partial charge in [-0.3, -0.25) is 0 Å². The van der Waals surface area contributed by atoms with Gasteiger partial charge in [-0.25, -0.2) is 18.4 Å². The zero-order chi connectivity index (χ0) is 20.1. The third-order valence-corrected chi connectivity index (χ3v) is 7.90. The molecule has 0 saturated heterocycles. The number of sulfonamides is 1. The maximum atomic E-state index is 13.3. The van der Waals surface area contributed by atoms with Crippen LogP contribution < -0.4 is 5.32 Å². The van der Waals surface area contributed by atoms with Crippen molar-refractivity contribution in [1.29, 1.82) is 0 Å². The van der Waals surface area contributed by atoms with Gasteiger partial charge in [0.25, 0.3) is 0 Å². The van der Waals surface area contributed by atoms with Gasteiger partial charge >= 0.3 is 0 Å². The van der Waals surface area contributed by atoms with E-state index in [1.807, 2.05) is 6.92 Å². The summed E-state index contributed by atoms with van der Waals surface area (Å²) < 4.78 is 28.1. The molecule has 7 nitrogen and oxygen atoms in total. The molecule has 0 spiro atoms. The van der Waals surface area contributed by atoms with Gasteiger partial charge in [-0.2, -0.15) is 4.31 Å². The molecule has 28 heavy (non-hydrogen) atoms. The molecule has 154 valence electrons. The number of rotatable bonds is 9. The standard InChI is InChI=1S/C19H29N5O2S2/c1-4-23(5-2)12-7-11-21-19-18(8-6-10-20-19)28(25,26)24-13-9-16-17(14-24)27-15(3)22-16/h6,8,10H,4-5,7,9,11-14H2,1-3H3,(H,20,21). The first-order valence-electron chi connectivity index (χ1n) is 9.82. The van der Waals surface area contributed by atoms with E-state index in [-0.39, 0.29) is 4.90 Å². The highest BCUT2D eigenvalue weighted by atomic mass is 32.2. The Morgan fingerprint density at radius 1 is 1.32 bits per heavy atom. The molecule has 1 N–H and O–H groups in total. The molecule has 9 heteroatoms. The van der Waals surface area contributed by atoms with Crippen LogP contribution in [-0.2, 0) is 23.0 Å². The van der Waals surface area contributed by atoms with Crippen LogP contribution in [-0.4, -0.2) is 60.3 Å². The van der Waals surface area contributed by atoms with Crippen molar-refractivity contribution in [2.75, 3.05) is 38.0 Å². The summed E-state index contributed by atoms with van der Waals surface area (Å²) in [5, 5.41) is 4.22. The number of aryl methyl sites for hydroxylation is 1. The summed E-state index contributed by atoms with van der Waals surface area (Å²) in [7, 11) is -3.61. The Morgan fingerprint density at radius 3 is 2.86 bits per heavy atom. The molecule has 1 aliphatic heterocycles. The second kappa shape index (κ2) is 9.30. The second-order valence-corrected chi connectivity index (χ2v) is 10.0. The first-order valence-corrected chi connectivity index (χ1v) is 12.1. The molecule has 0 fully saturated rings. The van der Waals surface area contributed by atoms with Crippen LogP contribution in [0.3, 0.4) is 0 Å².